The zero-order valence-electron chi connectivity index (χ0n) is 16.4. The quantitative estimate of drug-likeness (QED) is 0.665. The van der Waals surface area contributed by atoms with Crippen molar-refractivity contribution >= 4 is 27.5 Å². The van der Waals surface area contributed by atoms with Gasteiger partial charge in [-0.3, -0.25) is 4.79 Å². The maximum Gasteiger partial charge on any atom is 0.264 e. The van der Waals surface area contributed by atoms with Crippen molar-refractivity contribution in [2.45, 2.75) is 53.5 Å². The fourth-order valence-corrected chi connectivity index (χ4v) is 4.15. The summed E-state index contributed by atoms with van der Waals surface area (Å²) in [6, 6.07) is 3.81. The van der Waals surface area contributed by atoms with Gasteiger partial charge in [0.05, 0.1) is 17.1 Å². The van der Waals surface area contributed by atoms with Gasteiger partial charge in [-0.15, -0.1) is 11.3 Å². The highest BCUT2D eigenvalue weighted by Gasteiger charge is 2.25. The Kier molecular flexibility index (Phi) is 4.65. The molecule has 0 aliphatic heterocycles. The van der Waals surface area contributed by atoms with E-state index in [9.17, 15) is 4.79 Å². The lowest BCUT2D eigenvalue weighted by Crippen LogP contribution is -2.25. The first-order valence-electron chi connectivity index (χ1n) is 8.67. The largest absolute Gasteiger partial charge is 0.464 e. The van der Waals surface area contributed by atoms with Gasteiger partial charge in [-0.25, -0.2) is 9.97 Å². The number of carbonyl (C=O) groups is 1. The Balaban J connectivity index is 1.98. The maximum atomic E-state index is 13.0. The van der Waals surface area contributed by atoms with E-state index >= 15 is 0 Å². The van der Waals surface area contributed by atoms with Crippen LogP contribution in [0.2, 0.25) is 0 Å². The first-order chi connectivity index (χ1) is 12.1. The van der Waals surface area contributed by atoms with Gasteiger partial charge in [0, 0.05) is 17.8 Å². The minimum absolute atomic E-state index is 0.0174. The van der Waals surface area contributed by atoms with Crippen molar-refractivity contribution < 1.29 is 9.21 Å². The molecule has 0 atom stereocenters. The molecule has 0 saturated heterocycles. The Labute approximate surface area is 158 Å². The minimum Gasteiger partial charge on any atom is -0.464 e. The third-order valence-corrected chi connectivity index (χ3v) is 5.55. The minimum atomic E-state index is -0.130. The summed E-state index contributed by atoms with van der Waals surface area (Å²) in [5.74, 6) is 2.42. The van der Waals surface area contributed by atoms with Crippen LogP contribution in [0.4, 0.5) is 0 Å². The number of carbonyl (C=O) groups excluding carboxylic acids is 1. The van der Waals surface area contributed by atoms with Crippen LogP contribution in [0.25, 0.3) is 10.2 Å². The van der Waals surface area contributed by atoms with E-state index in [0.29, 0.717) is 11.4 Å². The number of fused-ring (bicyclic) bond motifs is 1. The molecule has 3 aromatic rings. The Morgan fingerprint density at radius 3 is 2.46 bits per heavy atom. The van der Waals surface area contributed by atoms with E-state index in [1.54, 1.807) is 11.9 Å². The Morgan fingerprint density at radius 2 is 1.88 bits per heavy atom. The van der Waals surface area contributed by atoms with Crippen LogP contribution in [0.15, 0.2) is 16.5 Å². The van der Waals surface area contributed by atoms with Gasteiger partial charge in [0.2, 0.25) is 0 Å². The van der Waals surface area contributed by atoms with E-state index in [1.165, 1.54) is 11.3 Å². The number of amides is 1. The molecular weight excluding hydrogens is 346 g/mol. The number of aryl methyl sites for hydroxylation is 3. The topological polar surface area (TPSA) is 59.2 Å². The molecule has 0 aliphatic carbocycles. The van der Waals surface area contributed by atoms with Gasteiger partial charge in [0.15, 0.2) is 0 Å². The molecule has 3 heterocycles. The van der Waals surface area contributed by atoms with Gasteiger partial charge in [-0.2, -0.15) is 0 Å². The van der Waals surface area contributed by atoms with Crippen molar-refractivity contribution in [3.63, 3.8) is 0 Å². The van der Waals surface area contributed by atoms with E-state index < -0.39 is 0 Å². The van der Waals surface area contributed by atoms with Crippen LogP contribution < -0.4 is 0 Å². The summed E-state index contributed by atoms with van der Waals surface area (Å²) < 4.78 is 5.59. The van der Waals surface area contributed by atoms with Crippen LogP contribution in [-0.4, -0.2) is 27.8 Å². The lowest BCUT2D eigenvalue weighted by Gasteiger charge is -2.16. The normalized spacial score (nSPS) is 12.0. The van der Waals surface area contributed by atoms with Crippen LogP contribution in [0.5, 0.6) is 0 Å². The Bertz CT molecular complexity index is 979. The highest BCUT2D eigenvalue weighted by molar-refractivity contribution is 7.20. The first kappa shape index (κ1) is 18.6. The van der Waals surface area contributed by atoms with Crippen LogP contribution >= 0.6 is 11.3 Å². The highest BCUT2D eigenvalue weighted by Crippen LogP contribution is 2.34. The predicted molar refractivity (Wildman–Crippen MR) is 105 cm³/mol. The van der Waals surface area contributed by atoms with E-state index in [2.05, 4.69) is 25.8 Å². The van der Waals surface area contributed by atoms with Crippen LogP contribution in [0, 0.1) is 20.8 Å². The maximum absolute atomic E-state index is 13.0. The van der Waals surface area contributed by atoms with E-state index in [0.717, 1.165) is 38.8 Å². The summed E-state index contributed by atoms with van der Waals surface area (Å²) in [4.78, 5) is 25.7. The zero-order chi connectivity index (χ0) is 19.2. The second-order valence-electron chi connectivity index (χ2n) is 7.79. The van der Waals surface area contributed by atoms with Gasteiger partial charge in [0.25, 0.3) is 5.91 Å². The number of furan rings is 1. The van der Waals surface area contributed by atoms with Crippen LogP contribution in [0.1, 0.15) is 59.0 Å². The van der Waals surface area contributed by atoms with Gasteiger partial charge in [-0.05, 0) is 38.5 Å². The molecule has 0 saturated carbocycles. The van der Waals surface area contributed by atoms with E-state index in [-0.39, 0.29) is 11.3 Å². The second kappa shape index (κ2) is 6.50. The average Bonchev–Trinajstić information content (AvgIpc) is 3.09. The molecule has 3 rings (SSSR count). The van der Waals surface area contributed by atoms with Crippen molar-refractivity contribution in [3.05, 3.63) is 45.6 Å². The van der Waals surface area contributed by atoms with Crippen molar-refractivity contribution in [1.29, 1.82) is 0 Å². The average molecular weight is 372 g/mol. The standard InChI is InChI=1S/C20H25N3O2S/c1-11-8-9-14(25-11)10-23(7)18(24)16-12(2)15-13(3)21-19(20(4,5)6)22-17(15)26-16/h8-9H,10H2,1-7H3. The molecule has 138 valence electrons. The summed E-state index contributed by atoms with van der Waals surface area (Å²) >= 11 is 1.45. The summed E-state index contributed by atoms with van der Waals surface area (Å²) in [5, 5.41) is 0.994. The zero-order valence-corrected chi connectivity index (χ0v) is 17.2. The fraction of sp³-hybridized carbons (Fsp3) is 0.450. The lowest BCUT2D eigenvalue weighted by molar-refractivity contribution is 0.0779. The summed E-state index contributed by atoms with van der Waals surface area (Å²) in [6.07, 6.45) is 0. The second-order valence-corrected chi connectivity index (χ2v) is 8.79. The Morgan fingerprint density at radius 1 is 1.19 bits per heavy atom. The summed E-state index contributed by atoms with van der Waals surface area (Å²) in [7, 11) is 1.79. The SMILES string of the molecule is Cc1ccc(CN(C)C(=O)c2sc3nc(C(C)(C)C)nc(C)c3c2C)o1. The van der Waals surface area contributed by atoms with Gasteiger partial charge in [0.1, 0.15) is 22.2 Å². The van der Waals surface area contributed by atoms with Crippen LogP contribution in [0.3, 0.4) is 0 Å². The Hall–Kier alpha value is -2.21. The molecule has 0 spiro atoms. The van der Waals surface area contributed by atoms with E-state index in [1.807, 2.05) is 32.9 Å². The molecule has 3 aromatic heterocycles. The lowest BCUT2D eigenvalue weighted by atomic mass is 9.95. The number of hydrogen-bond donors (Lipinski definition) is 0. The molecule has 0 aromatic carbocycles. The van der Waals surface area contributed by atoms with Gasteiger partial charge < -0.3 is 9.32 Å². The van der Waals surface area contributed by atoms with Gasteiger partial charge in [-0.1, -0.05) is 20.8 Å². The van der Waals surface area contributed by atoms with Crippen molar-refractivity contribution in [2.24, 2.45) is 0 Å². The molecule has 0 aliphatic rings. The molecule has 5 nitrogen and oxygen atoms in total. The number of thiophene rings is 1. The summed E-state index contributed by atoms with van der Waals surface area (Å²) in [5.41, 5.74) is 1.75. The number of hydrogen-bond acceptors (Lipinski definition) is 5. The molecule has 0 N–H and O–H groups in total. The van der Waals surface area contributed by atoms with E-state index in [4.69, 9.17) is 9.40 Å². The highest BCUT2D eigenvalue weighted by atomic mass is 32.1. The first-order valence-corrected chi connectivity index (χ1v) is 9.48. The van der Waals surface area contributed by atoms with Gasteiger partial charge >= 0.3 is 0 Å². The van der Waals surface area contributed by atoms with Crippen LogP contribution in [-0.2, 0) is 12.0 Å². The molecular formula is C20H25N3O2S. The molecule has 0 bridgehead atoms. The van der Waals surface area contributed by atoms with Crippen molar-refractivity contribution in [2.75, 3.05) is 7.05 Å². The van der Waals surface area contributed by atoms with Crippen molar-refractivity contribution in [3.8, 4) is 0 Å². The molecule has 6 heteroatoms. The fourth-order valence-electron chi connectivity index (χ4n) is 2.93. The number of aromatic nitrogens is 2. The monoisotopic (exact) mass is 371 g/mol. The third kappa shape index (κ3) is 3.38. The predicted octanol–water partition coefficient (Wildman–Crippen LogP) is 4.78. The van der Waals surface area contributed by atoms with Crippen molar-refractivity contribution in [1.82, 2.24) is 14.9 Å². The molecule has 1 amide bonds. The number of rotatable bonds is 3. The third-order valence-electron chi connectivity index (χ3n) is 4.37. The molecule has 0 unspecified atom stereocenters. The molecule has 26 heavy (non-hydrogen) atoms. The number of nitrogens with zero attached hydrogens (tertiary/aromatic N) is 3. The smallest absolute Gasteiger partial charge is 0.264 e. The summed E-state index contributed by atoms with van der Waals surface area (Å²) in [6.45, 7) is 12.6. The molecule has 0 radical (unpaired) electrons. The molecule has 0 fully saturated rings.